The van der Waals surface area contributed by atoms with Gasteiger partial charge in [-0.3, -0.25) is 9.69 Å². The average Bonchev–Trinajstić information content (AvgIpc) is 2.99. The number of hydrogen-bond acceptors (Lipinski definition) is 4. The van der Waals surface area contributed by atoms with E-state index in [1.54, 1.807) is 32.4 Å². The third-order valence-electron chi connectivity index (χ3n) is 4.05. The van der Waals surface area contributed by atoms with Crippen molar-refractivity contribution in [3.05, 3.63) is 23.8 Å². The molecule has 21 heavy (non-hydrogen) atoms. The van der Waals surface area contributed by atoms with Crippen molar-refractivity contribution in [2.45, 2.75) is 25.8 Å². The zero-order chi connectivity index (χ0) is 15.2. The predicted octanol–water partition coefficient (Wildman–Crippen LogP) is 1.92. The first kappa shape index (κ1) is 15.6. The molecule has 1 heterocycles. The number of carbonyl (C=O) groups is 1. The lowest BCUT2D eigenvalue weighted by Gasteiger charge is -2.22. The highest BCUT2D eigenvalue weighted by Gasteiger charge is 2.23. The van der Waals surface area contributed by atoms with E-state index in [9.17, 15) is 4.79 Å². The van der Waals surface area contributed by atoms with E-state index in [1.807, 2.05) is 0 Å². The van der Waals surface area contributed by atoms with Crippen LogP contribution in [-0.2, 0) is 0 Å². The molecule has 0 saturated carbocycles. The maximum Gasteiger partial charge on any atom is 0.251 e. The third kappa shape index (κ3) is 3.67. The fourth-order valence-corrected chi connectivity index (χ4v) is 2.83. The molecule has 0 aliphatic carbocycles. The summed E-state index contributed by atoms with van der Waals surface area (Å²) in [5.74, 6) is 1.13. The van der Waals surface area contributed by atoms with Gasteiger partial charge in [0.25, 0.3) is 5.91 Å². The lowest BCUT2D eigenvalue weighted by Crippen LogP contribution is -2.40. The molecule has 5 heteroatoms. The minimum Gasteiger partial charge on any atom is -0.493 e. The van der Waals surface area contributed by atoms with Crippen molar-refractivity contribution in [1.29, 1.82) is 0 Å². The first-order valence-corrected chi connectivity index (χ1v) is 7.43. The van der Waals surface area contributed by atoms with Crippen LogP contribution in [0.2, 0.25) is 0 Å². The van der Waals surface area contributed by atoms with Crippen molar-refractivity contribution < 1.29 is 14.3 Å². The topological polar surface area (TPSA) is 50.8 Å². The Morgan fingerprint density at radius 3 is 2.76 bits per heavy atom. The van der Waals surface area contributed by atoms with E-state index in [0.717, 1.165) is 19.5 Å². The Morgan fingerprint density at radius 1 is 1.33 bits per heavy atom. The molecule has 0 radical (unpaired) electrons. The number of rotatable bonds is 6. The minimum atomic E-state index is -0.0705. The van der Waals surface area contributed by atoms with E-state index >= 15 is 0 Å². The Morgan fingerprint density at radius 2 is 2.10 bits per heavy atom. The monoisotopic (exact) mass is 292 g/mol. The number of ether oxygens (including phenoxy) is 2. The number of hydrogen-bond donors (Lipinski definition) is 1. The van der Waals surface area contributed by atoms with Gasteiger partial charge in [-0.15, -0.1) is 0 Å². The summed E-state index contributed by atoms with van der Waals surface area (Å²) >= 11 is 0. The second-order valence-corrected chi connectivity index (χ2v) is 5.20. The van der Waals surface area contributed by atoms with Gasteiger partial charge in [-0.2, -0.15) is 0 Å². The van der Waals surface area contributed by atoms with E-state index in [0.29, 0.717) is 29.6 Å². The molecule has 1 N–H and O–H groups in total. The summed E-state index contributed by atoms with van der Waals surface area (Å²) in [4.78, 5) is 14.6. The summed E-state index contributed by atoms with van der Waals surface area (Å²) in [6.07, 6.45) is 2.37. The second-order valence-electron chi connectivity index (χ2n) is 5.20. The molecule has 116 valence electrons. The zero-order valence-electron chi connectivity index (χ0n) is 13.0. The largest absolute Gasteiger partial charge is 0.493 e. The average molecular weight is 292 g/mol. The molecule has 1 unspecified atom stereocenters. The summed E-state index contributed by atoms with van der Waals surface area (Å²) in [7, 11) is 3.15. The first-order chi connectivity index (χ1) is 10.2. The number of nitrogens with zero attached hydrogens (tertiary/aromatic N) is 1. The van der Waals surface area contributed by atoms with Crippen molar-refractivity contribution >= 4 is 5.91 Å². The van der Waals surface area contributed by atoms with Gasteiger partial charge in [-0.1, -0.05) is 6.92 Å². The van der Waals surface area contributed by atoms with Gasteiger partial charge < -0.3 is 14.8 Å². The predicted molar refractivity (Wildman–Crippen MR) is 82.1 cm³/mol. The number of carbonyl (C=O) groups excluding carboxylic acids is 1. The molecule has 1 aromatic rings. The first-order valence-electron chi connectivity index (χ1n) is 7.43. The molecule has 0 bridgehead atoms. The molecular formula is C16H24N2O3. The summed E-state index contributed by atoms with van der Waals surface area (Å²) in [5.41, 5.74) is 0.591. The van der Waals surface area contributed by atoms with Crippen LogP contribution >= 0.6 is 0 Å². The van der Waals surface area contributed by atoms with Crippen molar-refractivity contribution in [2.24, 2.45) is 0 Å². The van der Waals surface area contributed by atoms with Crippen LogP contribution in [0.15, 0.2) is 18.2 Å². The molecule has 1 saturated heterocycles. The molecule has 0 aromatic heterocycles. The number of benzene rings is 1. The molecule has 5 nitrogen and oxygen atoms in total. The maximum atomic E-state index is 12.2. The zero-order valence-corrected chi connectivity index (χ0v) is 13.0. The van der Waals surface area contributed by atoms with E-state index in [4.69, 9.17) is 9.47 Å². The Balaban J connectivity index is 1.97. The summed E-state index contributed by atoms with van der Waals surface area (Å²) in [6.45, 7) is 5.03. The molecule has 2 rings (SSSR count). The number of nitrogens with one attached hydrogen (secondary N) is 1. The van der Waals surface area contributed by atoms with E-state index in [2.05, 4.69) is 17.1 Å². The van der Waals surface area contributed by atoms with Crippen molar-refractivity contribution in [3.8, 4) is 11.5 Å². The second kappa shape index (κ2) is 7.31. The van der Waals surface area contributed by atoms with Gasteiger partial charge in [0.15, 0.2) is 11.5 Å². The van der Waals surface area contributed by atoms with Crippen LogP contribution in [0.25, 0.3) is 0 Å². The lowest BCUT2D eigenvalue weighted by molar-refractivity contribution is 0.0941. The molecule has 1 aliphatic heterocycles. The third-order valence-corrected chi connectivity index (χ3v) is 4.05. The minimum absolute atomic E-state index is 0.0705. The van der Waals surface area contributed by atoms with Crippen LogP contribution in [0.5, 0.6) is 11.5 Å². The molecule has 1 aliphatic rings. The Hall–Kier alpha value is -1.75. The van der Waals surface area contributed by atoms with Crippen LogP contribution in [-0.4, -0.2) is 50.7 Å². The number of likely N-dealkylation sites (N-methyl/N-ethyl adjacent to an activating group) is 1. The number of methoxy groups -OCH3 is 2. The number of amides is 1. The van der Waals surface area contributed by atoms with Gasteiger partial charge in [0.2, 0.25) is 0 Å². The molecule has 1 fully saturated rings. The Bertz CT molecular complexity index is 490. The highest BCUT2D eigenvalue weighted by Crippen LogP contribution is 2.27. The smallest absolute Gasteiger partial charge is 0.251 e. The van der Waals surface area contributed by atoms with Crippen LogP contribution in [0.4, 0.5) is 0 Å². The van der Waals surface area contributed by atoms with Crippen molar-refractivity contribution in [3.63, 3.8) is 0 Å². The summed E-state index contributed by atoms with van der Waals surface area (Å²) in [6, 6.07) is 5.67. The van der Waals surface area contributed by atoms with Crippen LogP contribution in [0, 0.1) is 0 Å². The maximum absolute atomic E-state index is 12.2. The van der Waals surface area contributed by atoms with E-state index in [1.165, 1.54) is 6.42 Å². The SMILES string of the molecule is CCN1CCCC1CNC(=O)c1ccc(OC)c(OC)c1. The Kier molecular flexibility index (Phi) is 5.44. The van der Waals surface area contributed by atoms with Crippen LogP contribution in [0.3, 0.4) is 0 Å². The molecule has 0 spiro atoms. The van der Waals surface area contributed by atoms with Crippen LogP contribution < -0.4 is 14.8 Å². The van der Waals surface area contributed by atoms with Gasteiger partial charge in [0.1, 0.15) is 0 Å². The van der Waals surface area contributed by atoms with Gasteiger partial charge >= 0.3 is 0 Å². The standard InChI is InChI=1S/C16H24N2O3/c1-4-18-9-5-6-13(18)11-17-16(19)12-7-8-14(20-2)15(10-12)21-3/h7-8,10,13H,4-6,9,11H2,1-3H3,(H,17,19). The fraction of sp³-hybridized carbons (Fsp3) is 0.562. The van der Waals surface area contributed by atoms with E-state index < -0.39 is 0 Å². The highest BCUT2D eigenvalue weighted by atomic mass is 16.5. The summed E-state index contributed by atoms with van der Waals surface area (Å²) < 4.78 is 10.4. The Labute approximate surface area is 126 Å². The van der Waals surface area contributed by atoms with Gasteiger partial charge in [0.05, 0.1) is 14.2 Å². The normalized spacial score (nSPS) is 18.5. The summed E-state index contributed by atoms with van der Waals surface area (Å²) in [5, 5.41) is 3.02. The molecule has 1 aromatic carbocycles. The van der Waals surface area contributed by atoms with Gasteiger partial charge in [-0.05, 0) is 44.1 Å². The van der Waals surface area contributed by atoms with Crippen molar-refractivity contribution in [2.75, 3.05) is 33.9 Å². The highest BCUT2D eigenvalue weighted by molar-refractivity contribution is 5.94. The molecule has 1 atom stereocenters. The lowest BCUT2D eigenvalue weighted by atomic mass is 10.1. The van der Waals surface area contributed by atoms with Crippen molar-refractivity contribution in [1.82, 2.24) is 10.2 Å². The fourth-order valence-electron chi connectivity index (χ4n) is 2.83. The van der Waals surface area contributed by atoms with Gasteiger partial charge in [0, 0.05) is 18.2 Å². The number of likely N-dealkylation sites (tertiary alicyclic amines) is 1. The van der Waals surface area contributed by atoms with Crippen LogP contribution in [0.1, 0.15) is 30.1 Å². The molecule has 1 amide bonds. The quantitative estimate of drug-likeness (QED) is 0.870. The molecular weight excluding hydrogens is 268 g/mol. The van der Waals surface area contributed by atoms with E-state index in [-0.39, 0.29) is 5.91 Å². The van der Waals surface area contributed by atoms with Gasteiger partial charge in [-0.25, -0.2) is 0 Å².